The Morgan fingerprint density at radius 1 is 1.14 bits per heavy atom. The van der Waals surface area contributed by atoms with E-state index in [1.54, 1.807) is 18.5 Å². The first-order valence-corrected chi connectivity index (χ1v) is 12.4. The van der Waals surface area contributed by atoms with Gasteiger partial charge < -0.3 is 20.3 Å². The predicted molar refractivity (Wildman–Crippen MR) is 141 cm³/mol. The van der Waals surface area contributed by atoms with E-state index in [4.69, 9.17) is 4.74 Å². The molecule has 3 aromatic rings. The van der Waals surface area contributed by atoms with Crippen molar-refractivity contribution in [1.29, 1.82) is 0 Å². The molecule has 2 aromatic heterocycles. The van der Waals surface area contributed by atoms with Crippen LogP contribution in [-0.4, -0.2) is 46.7 Å². The van der Waals surface area contributed by atoms with Gasteiger partial charge in [-0.25, -0.2) is 9.78 Å². The van der Waals surface area contributed by atoms with E-state index < -0.39 is 11.7 Å². The number of halogens is 1. The molecular formula is C26H30BrN5O3. The summed E-state index contributed by atoms with van der Waals surface area (Å²) in [6.45, 7) is 9.07. The minimum atomic E-state index is -0.556. The van der Waals surface area contributed by atoms with Crippen LogP contribution in [0.15, 0.2) is 53.3 Å². The van der Waals surface area contributed by atoms with Gasteiger partial charge in [0.1, 0.15) is 11.3 Å². The summed E-state index contributed by atoms with van der Waals surface area (Å²) in [5.41, 5.74) is 1.94. The maximum absolute atomic E-state index is 13.1. The molecule has 1 fully saturated rings. The van der Waals surface area contributed by atoms with Crippen molar-refractivity contribution in [1.82, 2.24) is 15.3 Å². The minimum Gasteiger partial charge on any atom is -0.444 e. The summed E-state index contributed by atoms with van der Waals surface area (Å²) in [5.74, 6) is 0.0237. The quantitative estimate of drug-likeness (QED) is 0.461. The number of ether oxygens (including phenoxy) is 1. The van der Waals surface area contributed by atoms with E-state index in [0.29, 0.717) is 23.8 Å². The van der Waals surface area contributed by atoms with Crippen LogP contribution in [0, 0.1) is 5.92 Å². The van der Waals surface area contributed by atoms with Crippen LogP contribution in [0.3, 0.4) is 0 Å². The molecule has 1 aliphatic heterocycles. The molecular weight excluding hydrogens is 510 g/mol. The summed E-state index contributed by atoms with van der Waals surface area (Å²) in [4.78, 5) is 36.3. The highest BCUT2D eigenvalue weighted by atomic mass is 79.9. The zero-order valence-corrected chi connectivity index (χ0v) is 21.9. The molecule has 35 heavy (non-hydrogen) atoms. The fourth-order valence-electron chi connectivity index (χ4n) is 4.29. The average Bonchev–Trinajstić information content (AvgIpc) is 2.77. The second kappa shape index (κ2) is 10.2. The Morgan fingerprint density at radius 2 is 1.91 bits per heavy atom. The van der Waals surface area contributed by atoms with Gasteiger partial charge in [0, 0.05) is 35.2 Å². The molecule has 184 valence electrons. The van der Waals surface area contributed by atoms with Crippen LogP contribution in [0.4, 0.5) is 16.2 Å². The van der Waals surface area contributed by atoms with Gasteiger partial charge in [-0.15, -0.1) is 0 Å². The fourth-order valence-corrected chi connectivity index (χ4v) is 4.64. The number of pyridine rings is 2. The Kier molecular flexibility index (Phi) is 7.25. The molecule has 0 saturated carbocycles. The van der Waals surface area contributed by atoms with Gasteiger partial charge in [0.05, 0.1) is 23.1 Å². The topological polar surface area (TPSA) is 96.5 Å². The Bertz CT molecular complexity index is 1240. The number of hydrogen-bond acceptors (Lipinski definition) is 6. The summed E-state index contributed by atoms with van der Waals surface area (Å²) in [5, 5.41) is 6.93. The Balaban J connectivity index is 1.51. The van der Waals surface area contributed by atoms with E-state index in [2.05, 4.69) is 48.4 Å². The Labute approximate surface area is 213 Å². The van der Waals surface area contributed by atoms with Crippen molar-refractivity contribution in [2.45, 2.75) is 45.8 Å². The van der Waals surface area contributed by atoms with Crippen LogP contribution in [0.5, 0.6) is 0 Å². The molecule has 2 N–H and O–H groups in total. The lowest BCUT2D eigenvalue weighted by molar-refractivity contribution is 0.0495. The average molecular weight is 540 g/mol. The lowest BCUT2D eigenvalue weighted by Crippen LogP contribution is -2.51. The number of carbonyl (C=O) groups is 2. The third kappa shape index (κ3) is 6.48. The SMILES string of the molecule is C[C@@H]1C[C@H](NC(=O)OC(C)(C)C)CN(c2ccncc2NC(=O)c2ccc3ccc(Br)cc3n2)C1. The Morgan fingerprint density at radius 3 is 2.69 bits per heavy atom. The van der Waals surface area contributed by atoms with Crippen LogP contribution in [0.2, 0.25) is 0 Å². The van der Waals surface area contributed by atoms with E-state index in [1.165, 1.54) is 0 Å². The third-order valence-corrected chi connectivity index (χ3v) is 6.15. The summed E-state index contributed by atoms with van der Waals surface area (Å²) in [6, 6.07) is 11.2. The number of hydrogen-bond donors (Lipinski definition) is 2. The number of benzene rings is 1. The number of fused-ring (bicyclic) bond motifs is 1. The van der Waals surface area contributed by atoms with Crippen LogP contribution >= 0.6 is 15.9 Å². The maximum atomic E-state index is 13.1. The first-order valence-electron chi connectivity index (χ1n) is 11.6. The molecule has 4 rings (SSSR count). The molecule has 1 aliphatic rings. The van der Waals surface area contributed by atoms with E-state index in [9.17, 15) is 9.59 Å². The highest BCUT2D eigenvalue weighted by Gasteiger charge is 2.29. The second-order valence-corrected chi connectivity index (χ2v) is 10.9. The molecule has 0 radical (unpaired) electrons. The van der Waals surface area contributed by atoms with Crippen molar-refractivity contribution in [3.8, 4) is 0 Å². The number of rotatable bonds is 4. The number of alkyl carbamates (subject to hydrolysis) is 1. The summed E-state index contributed by atoms with van der Waals surface area (Å²) in [6.07, 6.45) is 3.76. The largest absolute Gasteiger partial charge is 0.444 e. The molecule has 0 unspecified atom stereocenters. The normalized spacial score (nSPS) is 18.3. The zero-order valence-electron chi connectivity index (χ0n) is 20.3. The van der Waals surface area contributed by atoms with Crippen LogP contribution < -0.4 is 15.5 Å². The molecule has 2 atom stereocenters. The number of carbonyl (C=O) groups excluding carboxylic acids is 2. The number of nitrogens with one attached hydrogen (secondary N) is 2. The van der Waals surface area contributed by atoms with Gasteiger partial charge in [-0.2, -0.15) is 0 Å². The molecule has 0 bridgehead atoms. The van der Waals surface area contributed by atoms with Crippen molar-refractivity contribution >= 4 is 50.2 Å². The number of nitrogens with zero attached hydrogens (tertiary/aromatic N) is 3. The minimum absolute atomic E-state index is 0.0779. The summed E-state index contributed by atoms with van der Waals surface area (Å²) in [7, 11) is 0. The van der Waals surface area contributed by atoms with Crippen molar-refractivity contribution in [2.24, 2.45) is 5.92 Å². The van der Waals surface area contributed by atoms with Gasteiger partial charge >= 0.3 is 6.09 Å². The van der Waals surface area contributed by atoms with Crippen LogP contribution in [-0.2, 0) is 4.74 Å². The van der Waals surface area contributed by atoms with Crippen molar-refractivity contribution in [3.63, 3.8) is 0 Å². The van der Waals surface area contributed by atoms with Crippen molar-refractivity contribution < 1.29 is 14.3 Å². The highest BCUT2D eigenvalue weighted by Crippen LogP contribution is 2.30. The smallest absolute Gasteiger partial charge is 0.407 e. The van der Waals surface area contributed by atoms with E-state index >= 15 is 0 Å². The van der Waals surface area contributed by atoms with Crippen LogP contribution in [0.25, 0.3) is 10.9 Å². The number of anilines is 2. The molecule has 0 aliphatic carbocycles. The predicted octanol–water partition coefficient (Wildman–Crippen LogP) is 5.38. The maximum Gasteiger partial charge on any atom is 0.407 e. The fraction of sp³-hybridized carbons (Fsp3) is 0.385. The highest BCUT2D eigenvalue weighted by molar-refractivity contribution is 9.10. The molecule has 2 amide bonds. The van der Waals surface area contributed by atoms with E-state index in [0.717, 1.165) is 34.0 Å². The molecule has 9 heteroatoms. The van der Waals surface area contributed by atoms with Gasteiger partial charge in [-0.05, 0) is 57.4 Å². The third-order valence-electron chi connectivity index (χ3n) is 5.65. The first kappa shape index (κ1) is 24.9. The van der Waals surface area contributed by atoms with E-state index in [1.807, 2.05) is 51.1 Å². The lowest BCUT2D eigenvalue weighted by atomic mass is 9.95. The standard InChI is InChI=1S/C26H30BrN5O3/c1-16-11-19(29-25(34)35-26(2,3)4)15-32(14-16)23-9-10-28-13-22(23)31-24(33)20-8-6-17-5-7-18(27)12-21(17)30-20/h5-10,12-13,16,19H,11,14-15H2,1-4H3,(H,29,34)(H,31,33)/t16-,19+/m1/s1. The van der Waals surface area contributed by atoms with Crippen molar-refractivity contribution in [2.75, 3.05) is 23.3 Å². The first-order chi connectivity index (χ1) is 16.6. The van der Waals surface area contributed by atoms with Crippen molar-refractivity contribution in [3.05, 3.63) is 59.0 Å². The molecule has 0 spiro atoms. The second-order valence-electron chi connectivity index (χ2n) is 9.97. The molecule has 8 nitrogen and oxygen atoms in total. The lowest BCUT2D eigenvalue weighted by Gasteiger charge is -2.39. The Hall–Kier alpha value is -3.20. The van der Waals surface area contributed by atoms with Gasteiger partial charge in [0.2, 0.25) is 0 Å². The van der Waals surface area contributed by atoms with Gasteiger partial charge in [-0.3, -0.25) is 9.78 Å². The van der Waals surface area contributed by atoms with Gasteiger partial charge in [-0.1, -0.05) is 35.0 Å². The molecule has 1 aromatic carbocycles. The molecule has 1 saturated heterocycles. The van der Waals surface area contributed by atoms with Gasteiger partial charge in [0.25, 0.3) is 5.91 Å². The molecule has 3 heterocycles. The van der Waals surface area contributed by atoms with Crippen LogP contribution in [0.1, 0.15) is 44.6 Å². The zero-order chi connectivity index (χ0) is 25.2. The van der Waals surface area contributed by atoms with Gasteiger partial charge in [0.15, 0.2) is 0 Å². The monoisotopic (exact) mass is 539 g/mol. The van der Waals surface area contributed by atoms with E-state index in [-0.39, 0.29) is 11.9 Å². The summed E-state index contributed by atoms with van der Waals surface area (Å²) < 4.78 is 6.34. The number of piperidine rings is 1. The number of amides is 2. The summed E-state index contributed by atoms with van der Waals surface area (Å²) >= 11 is 3.45. The number of aromatic nitrogens is 2.